The molecule has 4 aliphatic rings. The van der Waals surface area contributed by atoms with Crippen molar-refractivity contribution >= 4 is 88.8 Å². The molecule has 2 aliphatic heterocycles. The standard InChI is InChI=1S/C56H51BN2OS/c1-34-17-11-10-12-18-35-31-41-49(33-42(35)56(34,8)9)61-53-51(41)59(47-23-15-20-40-39-19-13-14-24-48(39)60-52(40)47)46-22-16-21-45-50(46)57(53)43-32-37(55(5,6)7)27-30-44(43)58(45)38-28-25-36(26-29-38)54(2,3)4/h10-17,19-26,28-29,31-34H,18H2,1-9H3/b12-10-,17-11-/t34-/m0/s1. The minimum absolute atomic E-state index is 0.0164. The van der Waals surface area contributed by atoms with Crippen molar-refractivity contribution in [1.82, 2.24) is 0 Å². The zero-order valence-corrected chi connectivity index (χ0v) is 37.5. The normalized spacial score (nSPS) is 19.0. The molecule has 0 radical (unpaired) electrons. The summed E-state index contributed by atoms with van der Waals surface area (Å²) < 4.78 is 9.56. The zero-order chi connectivity index (χ0) is 42.2. The van der Waals surface area contributed by atoms with Gasteiger partial charge in [0.25, 0.3) is 6.71 Å². The van der Waals surface area contributed by atoms with Crippen LogP contribution in [-0.2, 0) is 17.3 Å². The van der Waals surface area contributed by atoms with Crippen LogP contribution < -0.4 is 20.0 Å². The highest BCUT2D eigenvalue weighted by molar-refractivity contribution is 7.33. The van der Waals surface area contributed by atoms with E-state index in [9.17, 15) is 0 Å². The number of fused-ring (bicyclic) bond motifs is 10. The molecule has 0 amide bonds. The molecule has 5 heteroatoms. The summed E-state index contributed by atoms with van der Waals surface area (Å²) >= 11 is 1.97. The fraction of sp³-hybridized carbons (Fsp3) is 0.250. The Morgan fingerprint density at radius 2 is 1.48 bits per heavy atom. The van der Waals surface area contributed by atoms with Crippen molar-refractivity contribution in [3.8, 4) is 0 Å². The van der Waals surface area contributed by atoms with Crippen molar-refractivity contribution in [2.45, 2.75) is 79.6 Å². The number of hydrogen-bond donors (Lipinski definition) is 0. The van der Waals surface area contributed by atoms with Crippen LogP contribution >= 0.6 is 11.3 Å². The number of hydrogen-bond acceptors (Lipinski definition) is 4. The van der Waals surface area contributed by atoms with Gasteiger partial charge >= 0.3 is 0 Å². The van der Waals surface area contributed by atoms with Crippen LogP contribution in [0.4, 0.5) is 28.4 Å². The molecule has 7 aromatic rings. The molecule has 0 unspecified atom stereocenters. The highest BCUT2D eigenvalue weighted by Gasteiger charge is 2.48. The number of benzene rings is 5. The molecule has 61 heavy (non-hydrogen) atoms. The van der Waals surface area contributed by atoms with Crippen LogP contribution in [0.3, 0.4) is 0 Å². The number of para-hydroxylation sites is 2. The van der Waals surface area contributed by atoms with E-state index in [1.54, 1.807) is 0 Å². The predicted molar refractivity (Wildman–Crippen MR) is 262 cm³/mol. The van der Waals surface area contributed by atoms with Crippen molar-refractivity contribution in [3.63, 3.8) is 0 Å². The second-order valence-corrected chi connectivity index (χ2v) is 21.2. The second-order valence-electron chi connectivity index (χ2n) is 20.1. The van der Waals surface area contributed by atoms with Crippen molar-refractivity contribution in [2.24, 2.45) is 11.3 Å². The first-order chi connectivity index (χ1) is 29.2. The number of nitrogens with zero attached hydrogens (tertiary/aromatic N) is 2. The van der Waals surface area contributed by atoms with Gasteiger partial charge in [-0.25, -0.2) is 0 Å². The Hall–Kier alpha value is -5.96. The first-order valence-electron chi connectivity index (χ1n) is 21.9. The van der Waals surface area contributed by atoms with E-state index in [1.807, 2.05) is 11.3 Å². The van der Waals surface area contributed by atoms with E-state index in [-0.39, 0.29) is 23.0 Å². The molecule has 0 N–H and O–H groups in total. The van der Waals surface area contributed by atoms with Crippen LogP contribution in [0.5, 0.6) is 0 Å². The van der Waals surface area contributed by atoms with E-state index in [0.717, 1.165) is 45.4 Å². The second kappa shape index (κ2) is 13.3. The molecular formula is C56H51BN2OS. The maximum absolute atomic E-state index is 6.89. The first kappa shape index (κ1) is 38.0. The van der Waals surface area contributed by atoms with E-state index in [1.165, 1.54) is 65.1 Å². The maximum Gasteiger partial charge on any atom is 0.265 e. The number of furan rings is 1. The summed E-state index contributed by atoms with van der Waals surface area (Å²) in [5.74, 6) is 0.367. The average Bonchev–Trinajstić information content (AvgIpc) is 3.81. The highest BCUT2D eigenvalue weighted by Crippen LogP contribution is 2.52. The summed E-state index contributed by atoms with van der Waals surface area (Å²) in [6, 6.07) is 36.3. The Bertz CT molecular complexity index is 3210. The highest BCUT2D eigenvalue weighted by atomic mass is 32.1. The van der Waals surface area contributed by atoms with Crippen molar-refractivity contribution < 1.29 is 4.42 Å². The molecule has 0 saturated carbocycles. The fourth-order valence-corrected chi connectivity index (χ4v) is 11.4. The van der Waals surface area contributed by atoms with Gasteiger partial charge in [-0.2, -0.15) is 0 Å². The lowest BCUT2D eigenvalue weighted by atomic mass is 9.34. The van der Waals surface area contributed by atoms with E-state index in [2.05, 4.69) is 211 Å². The van der Waals surface area contributed by atoms with Crippen LogP contribution in [0.2, 0.25) is 0 Å². The Morgan fingerprint density at radius 1 is 0.754 bits per heavy atom. The van der Waals surface area contributed by atoms with Gasteiger partial charge in [0.1, 0.15) is 5.58 Å². The van der Waals surface area contributed by atoms with Crippen molar-refractivity contribution in [3.05, 3.63) is 172 Å². The maximum atomic E-state index is 6.89. The van der Waals surface area contributed by atoms with E-state index in [0.29, 0.717) is 5.92 Å². The molecule has 0 fully saturated rings. The monoisotopic (exact) mass is 810 g/mol. The van der Waals surface area contributed by atoms with Crippen molar-refractivity contribution in [2.75, 3.05) is 9.80 Å². The van der Waals surface area contributed by atoms with E-state index in [4.69, 9.17) is 4.42 Å². The number of anilines is 5. The van der Waals surface area contributed by atoms with Gasteiger partial charge in [0.15, 0.2) is 5.58 Å². The molecule has 3 nitrogen and oxygen atoms in total. The minimum Gasteiger partial charge on any atom is -0.454 e. The molecule has 2 aliphatic carbocycles. The van der Waals surface area contributed by atoms with Crippen molar-refractivity contribution in [1.29, 1.82) is 0 Å². The molecule has 0 spiro atoms. The molecule has 4 heterocycles. The molecule has 0 saturated heterocycles. The lowest BCUT2D eigenvalue weighted by Crippen LogP contribution is -2.55. The number of thiophene rings is 1. The van der Waals surface area contributed by atoms with Gasteiger partial charge in [0.05, 0.1) is 17.1 Å². The summed E-state index contributed by atoms with van der Waals surface area (Å²) in [6.07, 6.45) is 12.5. The quantitative estimate of drug-likeness (QED) is 0.128. The first-order valence-corrected chi connectivity index (χ1v) is 22.7. The van der Waals surface area contributed by atoms with Crippen LogP contribution in [0, 0.1) is 11.3 Å². The average molecular weight is 811 g/mol. The van der Waals surface area contributed by atoms with Gasteiger partial charge < -0.3 is 14.2 Å². The Kier molecular flexibility index (Phi) is 8.27. The molecule has 1 atom stereocenters. The third kappa shape index (κ3) is 5.72. The third-order valence-corrected chi connectivity index (χ3v) is 15.1. The van der Waals surface area contributed by atoms with Gasteiger partial charge in [-0.15, -0.1) is 11.3 Å². The number of rotatable bonds is 2. The third-order valence-electron chi connectivity index (χ3n) is 13.9. The summed E-state index contributed by atoms with van der Waals surface area (Å²) in [7, 11) is 0. The molecular weight excluding hydrogens is 760 g/mol. The van der Waals surface area contributed by atoms with Crippen LogP contribution in [-0.4, -0.2) is 6.71 Å². The number of allylic oxidation sites excluding steroid dienone is 7. The molecule has 300 valence electrons. The zero-order valence-electron chi connectivity index (χ0n) is 36.7. The molecule has 2 aromatic heterocycles. The smallest absolute Gasteiger partial charge is 0.265 e. The Labute approximate surface area is 364 Å². The summed E-state index contributed by atoms with van der Waals surface area (Å²) in [4.78, 5) is 4.99. The Balaban J connectivity index is 1.25. The summed E-state index contributed by atoms with van der Waals surface area (Å²) in [6.45, 7) is 20.9. The lowest BCUT2D eigenvalue weighted by Gasteiger charge is -2.44. The topological polar surface area (TPSA) is 19.6 Å². The largest absolute Gasteiger partial charge is 0.454 e. The summed E-state index contributed by atoms with van der Waals surface area (Å²) in [5.41, 5.74) is 23.9. The van der Waals surface area contributed by atoms with E-state index >= 15 is 0 Å². The van der Waals surface area contributed by atoms with Crippen LogP contribution in [0.15, 0.2) is 160 Å². The van der Waals surface area contributed by atoms with Crippen LogP contribution in [0.25, 0.3) is 32.0 Å². The van der Waals surface area contributed by atoms with Gasteiger partial charge in [0.2, 0.25) is 0 Å². The van der Waals surface area contributed by atoms with Gasteiger partial charge in [-0.3, -0.25) is 0 Å². The van der Waals surface area contributed by atoms with Gasteiger partial charge in [-0.1, -0.05) is 147 Å². The molecule has 11 rings (SSSR count). The SMILES string of the molecule is C[C@H]1/C=C\C=C/Cc2cc3c4c(sc3cc2C1(C)C)B1C2=CC(C(C)(C)C)=C=C=C2N(c2ccc(C(C)(C)C)cc2)c2cccc(c21)N4c1cccc2c1oc1ccccc12. The van der Waals surface area contributed by atoms with Crippen LogP contribution in [0.1, 0.15) is 79.0 Å². The van der Waals surface area contributed by atoms with Gasteiger partial charge in [-0.05, 0) is 110 Å². The minimum atomic E-state index is -0.107. The summed E-state index contributed by atoms with van der Waals surface area (Å²) in [5, 5.41) is 3.55. The fourth-order valence-electron chi connectivity index (χ4n) is 10.1. The molecule has 5 aromatic carbocycles. The predicted octanol–water partition coefficient (Wildman–Crippen LogP) is 14.3. The van der Waals surface area contributed by atoms with Gasteiger partial charge in [0, 0.05) is 48.3 Å². The van der Waals surface area contributed by atoms with E-state index < -0.39 is 0 Å². The molecule has 0 bridgehead atoms. The lowest BCUT2D eigenvalue weighted by molar-refractivity contribution is 0.407. The Morgan fingerprint density at radius 3 is 2.25 bits per heavy atom.